The predicted molar refractivity (Wildman–Crippen MR) is 107 cm³/mol. The Morgan fingerprint density at radius 1 is 1.11 bits per heavy atom. The number of sulfonamides is 1. The first kappa shape index (κ1) is 17.9. The van der Waals surface area contributed by atoms with E-state index in [0.717, 1.165) is 16.6 Å². The van der Waals surface area contributed by atoms with Gasteiger partial charge >= 0.3 is 0 Å². The monoisotopic (exact) mass is 385 g/mol. The van der Waals surface area contributed by atoms with Crippen molar-refractivity contribution < 1.29 is 13.5 Å². The number of phenols is 1. The Morgan fingerprint density at radius 2 is 1.85 bits per heavy atom. The van der Waals surface area contributed by atoms with E-state index in [9.17, 15) is 13.5 Å². The van der Waals surface area contributed by atoms with Gasteiger partial charge in [-0.2, -0.15) is 4.31 Å². The number of fused-ring (bicyclic) bond motifs is 1. The summed E-state index contributed by atoms with van der Waals surface area (Å²) < 4.78 is 27.9. The Kier molecular flexibility index (Phi) is 4.36. The van der Waals surface area contributed by atoms with Crippen LogP contribution in [0.2, 0.25) is 0 Å². The lowest BCUT2D eigenvalue weighted by atomic mass is 10.0. The third-order valence-corrected chi connectivity index (χ3v) is 7.29. The van der Waals surface area contributed by atoms with Gasteiger partial charge in [0.1, 0.15) is 5.75 Å². The Balaban J connectivity index is 1.58. The van der Waals surface area contributed by atoms with Crippen LogP contribution in [-0.4, -0.2) is 49.0 Å². The normalized spacial score (nSPS) is 21.0. The van der Waals surface area contributed by atoms with Crippen LogP contribution in [0.5, 0.6) is 5.75 Å². The molecule has 3 aromatic rings. The lowest BCUT2D eigenvalue weighted by Crippen LogP contribution is -2.38. The highest BCUT2D eigenvalue weighted by Gasteiger charge is 2.39. The fourth-order valence-electron chi connectivity index (χ4n) is 3.82. The molecule has 0 spiro atoms. The second-order valence-corrected chi connectivity index (χ2v) is 9.16. The third-order valence-electron chi connectivity index (χ3n) is 5.46. The summed E-state index contributed by atoms with van der Waals surface area (Å²) in [6, 6.07) is 14.2. The zero-order valence-electron chi connectivity index (χ0n) is 15.3. The number of H-pyrrole nitrogens is 1. The second-order valence-electron chi connectivity index (χ2n) is 7.22. The first-order valence-corrected chi connectivity index (χ1v) is 10.4. The summed E-state index contributed by atoms with van der Waals surface area (Å²) in [7, 11) is -1.58. The molecule has 2 aromatic carbocycles. The molecule has 2 atom stereocenters. The number of anilines is 1. The van der Waals surface area contributed by atoms with Crippen LogP contribution >= 0.6 is 0 Å². The quantitative estimate of drug-likeness (QED) is 0.724. The maximum atomic E-state index is 13.2. The van der Waals surface area contributed by atoms with Gasteiger partial charge in [-0.25, -0.2) is 8.42 Å². The van der Waals surface area contributed by atoms with Gasteiger partial charge in [-0.15, -0.1) is 0 Å². The molecule has 0 unspecified atom stereocenters. The van der Waals surface area contributed by atoms with Gasteiger partial charge in [0, 0.05) is 43.6 Å². The molecular weight excluding hydrogens is 362 g/mol. The highest BCUT2D eigenvalue weighted by molar-refractivity contribution is 7.89. The standard InChI is InChI=1S/C20H23N3O3S/c1-14-12-23(13-20(14)22(2)16-4-6-17(24)7-5-16)27(25,26)18-8-3-15-9-10-21-19(15)11-18/h3-11,14,20-21,24H,12-13H2,1-2H3/t14-,20-/m1/s1. The first-order valence-electron chi connectivity index (χ1n) is 8.95. The zero-order valence-corrected chi connectivity index (χ0v) is 16.1. The van der Waals surface area contributed by atoms with E-state index < -0.39 is 10.0 Å². The van der Waals surface area contributed by atoms with Crippen LogP contribution in [0.4, 0.5) is 5.69 Å². The summed E-state index contributed by atoms with van der Waals surface area (Å²) in [5, 5.41) is 10.5. The highest BCUT2D eigenvalue weighted by atomic mass is 32.2. The molecule has 0 radical (unpaired) electrons. The van der Waals surface area contributed by atoms with Crippen molar-refractivity contribution in [3.8, 4) is 5.75 Å². The van der Waals surface area contributed by atoms with Gasteiger partial charge in [-0.1, -0.05) is 13.0 Å². The van der Waals surface area contributed by atoms with Crippen LogP contribution in [-0.2, 0) is 10.0 Å². The molecular formula is C20H23N3O3S. The van der Waals surface area contributed by atoms with Crippen LogP contribution in [0.25, 0.3) is 10.9 Å². The van der Waals surface area contributed by atoms with E-state index in [4.69, 9.17) is 0 Å². The second kappa shape index (κ2) is 6.58. The molecule has 1 fully saturated rings. The molecule has 2 N–H and O–H groups in total. The molecule has 1 aromatic heterocycles. The van der Waals surface area contributed by atoms with Crippen molar-refractivity contribution in [2.75, 3.05) is 25.0 Å². The Labute approximate surface area is 159 Å². The maximum absolute atomic E-state index is 13.2. The molecule has 7 heteroatoms. The number of phenolic OH excluding ortho intramolecular Hbond substituents is 1. The average Bonchev–Trinajstić information content (AvgIpc) is 3.27. The van der Waals surface area contributed by atoms with Crippen molar-refractivity contribution >= 4 is 26.6 Å². The third kappa shape index (κ3) is 3.17. The Hall–Kier alpha value is -2.51. The van der Waals surface area contributed by atoms with Crippen LogP contribution in [0.3, 0.4) is 0 Å². The minimum absolute atomic E-state index is 0.0681. The molecule has 1 saturated heterocycles. The van der Waals surface area contributed by atoms with Crippen molar-refractivity contribution in [2.45, 2.75) is 17.9 Å². The molecule has 0 amide bonds. The Morgan fingerprint density at radius 3 is 2.59 bits per heavy atom. The van der Waals surface area contributed by atoms with E-state index in [1.165, 1.54) is 0 Å². The van der Waals surface area contributed by atoms with E-state index in [-0.39, 0.29) is 17.7 Å². The molecule has 27 heavy (non-hydrogen) atoms. The van der Waals surface area contributed by atoms with E-state index >= 15 is 0 Å². The topological polar surface area (TPSA) is 76.6 Å². The van der Waals surface area contributed by atoms with Crippen molar-refractivity contribution in [3.63, 3.8) is 0 Å². The number of rotatable bonds is 4. The van der Waals surface area contributed by atoms with Gasteiger partial charge in [-0.3, -0.25) is 0 Å². The number of nitrogens with zero attached hydrogens (tertiary/aromatic N) is 2. The van der Waals surface area contributed by atoms with E-state index in [1.807, 2.05) is 37.5 Å². The molecule has 2 heterocycles. The first-order chi connectivity index (χ1) is 12.9. The number of nitrogens with one attached hydrogen (secondary N) is 1. The highest BCUT2D eigenvalue weighted by Crippen LogP contribution is 2.31. The summed E-state index contributed by atoms with van der Waals surface area (Å²) >= 11 is 0. The number of aromatic hydroxyl groups is 1. The largest absolute Gasteiger partial charge is 0.508 e. The minimum Gasteiger partial charge on any atom is -0.508 e. The number of hydrogen-bond donors (Lipinski definition) is 2. The van der Waals surface area contributed by atoms with Gasteiger partial charge < -0.3 is 15.0 Å². The van der Waals surface area contributed by atoms with Crippen molar-refractivity contribution in [2.24, 2.45) is 5.92 Å². The number of hydrogen-bond acceptors (Lipinski definition) is 4. The minimum atomic E-state index is -3.55. The maximum Gasteiger partial charge on any atom is 0.243 e. The van der Waals surface area contributed by atoms with Crippen molar-refractivity contribution in [3.05, 3.63) is 54.7 Å². The summed E-state index contributed by atoms with van der Waals surface area (Å²) in [6.07, 6.45) is 1.81. The summed E-state index contributed by atoms with van der Waals surface area (Å²) in [6.45, 7) is 2.99. The van der Waals surface area contributed by atoms with Crippen molar-refractivity contribution in [1.82, 2.24) is 9.29 Å². The van der Waals surface area contributed by atoms with E-state index in [2.05, 4.69) is 16.8 Å². The Bertz CT molecular complexity index is 1060. The molecule has 142 valence electrons. The van der Waals surface area contributed by atoms with Crippen LogP contribution in [0, 0.1) is 5.92 Å². The number of aromatic nitrogens is 1. The smallest absolute Gasteiger partial charge is 0.243 e. The molecule has 1 aliphatic rings. The fraction of sp³-hybridized carbons (Fsp3) is 0.300. The summed E-state index contributed by atoms with van der Waals surface area (Å²) in [5.74, 6) is 0.406. The molecule has 0 bridgehead atoms. The molecule has 6 nitrogen and oxygen atoms in total. The zero-order chi connectivity index (χ0) is 19.2. The van der Waals surface area contributed by atoms with Crippen LogP contribution in [0.15, 0.2) is 59.6 Å². The van der Waals surface area contributed by atoms with Crippen molar-refractivity contribution in [1.29, 1.82) is 0 Å². The predicted octanol–water partition coefficient (Wildman–Crippen LogP) is 3.02. The van der Waals surface area contributed by atoms with Gasteiger partial charge in [0.05, 0.1) is 4.90 Å². The average molecular weight is 385 g/mol. The van der Waals surface area contributed by atoms with Gasteiger partial charge in [0.25, 0.3) is 0 Å². The lowest BCUT2D eigenvalue weighted by molar-refractivity contribution is 0.464. The van der Waals surface area contributed by atoms with Crippen LogP contribution < -0.4 is 4.90 Å². The van der Waals surface area contributed by atoms with E-state index in [0.29, 0.717) is 18.0 Å². The lowest BCUT2D eigenvalue weighted by Gasteiger charge is -2.29. The number of likely N-dealkylation sites (N-methyl/N-ethyl adjacent to an activating group) is 1. The van der Waals surface area contributed by atoms with Gasteiger partial charge in [0.2, 0.25) is 10.0 Å². The van der Waals surface area contributed by atoms with Gasteiger partial charge in [-0.05, 0) is 53.8 Å². The molecule has 1 aliphatic heterocycles. The number of benzene rings is 2. The summed E-state index contributed by atoms with van der Waals surface area (Å²) in [4.78, 5) is 5.48. The molecule has 4 rings (SSSR count). The fourth-order valence-corrected chi connectivity index (χ4v) is 5.41. The molecule has 0 aliphatic carbocycles. The van der Waals surface area contributed by atoms with Gasteiger partial charge in [0.15, 0.2) is 0 Å². The summed E-state index contributed by atoms with van der Waals surface area (Å²) in [5.41, 5.74) is 1.78. The molecule has 0 saturated carbocycles. The van der Waals surface area contributed by atoms with E-state index in [1.54, 1.807) is 28.6 Å². The van der Waals surface area contributed by atoms with Crippen LogP contribution in [0.1, 0.15) is 6.92 Å². The SMILES string of the molecule is C[C@@H]1CN(S(=O)(=O)c2ccc3cc[nH]c3c2)C[C@H]1N(C)c1ccc(O)cc1. The number of aromatic amines is 1.